The maximum absolute atomic E-state index is 6.12. The molecule has 0 saturated carbocycles. The van der Waals surface area contributed by atoms with E-state index in [2.05, 4.69) is 28.2 Å². The maximum Gasteiger partial charge on any atom is 0.119 e. The number of methoxy groups -OCH3 is 1. The van der Waals surface area contributed by atoms with E-state index in [-0.39, 0.29) is 0 Å². The van der Waals surface area contributed by atoms with Crippen molar-refractivity contribution in [2.24, 2.45) is 0 Å². The van der Waals surface area contributed by atoms with Crippen molar-refractivity contribution in [1.82, 2.24) is 9.97 Å². The fraction of sp³-hybridized carbons (Fsp3) is 0.0476. The highest BCUT2D eigenvalue weighted by atomic mass is 16.5. The van der Waals surface area contributed by atoms with Crippen LogP contribution >= 0.6 is 0 Å². The molecule has 0 unspecified atom stereocenters. The molecule has 0 fully saturated rings. The predicted molar refractivity (Wildman–Crippen MR) is 101 cm³/mol. The van der Waals surface area contributed by atoms with Gasteiger partial charge in [0, 0.05) is 34.6 Å². The lowest BCUT2D eigenvalue weighted by Crippen LogP contribution is -1.92. The number of nitrogens with zero attached hydrogens (tertiary/aromatic N) is 2. The third-order valence-electron chi connectivity index (χ3n) is 4.24. The summed E-state index contributed by atoms with van der Waals surface area (Å²) in [7, 11) is 1.66. The number of aromatic nitrogens is 2. The van der Waals surface area contributed by atoms with Crippen molar-refractivity contribution in [2.45, 2.75) is 0 Å². The van der Waals surface area contributed by atoms with Gasteiger partial charge >= 0.3 is 0 Å². The number of hydrogen-bond acceptors (Lipinski definition) is 4. The SMILES string of the molecule is COc1cccc(-c2ncccc2-c2ccc3nccc(N)c3c2)c1. The van der Waals surface area contributed by atoms with Crippen molar-refractivity contribution in [2.75, 3.05) is 12.8 Å². The number of nitrogens with two attached hydrogens (primary N) is 1. The highest BCUT2D eigenvalue weighted by Gasteiger charge is 2.11. The molecule has 25 heavy (non-hydrogen) atoms. The first kappa shape index (κ1) is 15.1. The fourth-order valence-corrected chi connectivity index (χ4v) is 2.97. The summed E-state index contributed by atoms with van der Waals surface area (Å²) in [6.45, 7) is 0. The number of anilines is 1. The lowest BCUT2D eigenvalue weighted by molar-refractivity contribution is 0.415. The van der Waals surface area contributed by atoms with Crippen LogP contribution in [0.3, 0.4) is 0 Å². The van der Waals surface area contributed by atoms with Crippen LogP contribution in [0.25, 0.3) is 33.3 Å². The number of pyridine rings is 2. The lowest BCUT2D eigenvalue weighted by Gasteiger charge is -2.11. The molecule has 4 heteroatoms. The summed E-state index contributed by atoms with van der Waals surface area (Å²) in [5.74, 6) is 0.807. The Morgan fingerprint density at radius 2 is 1.76 bits per heavy atom. The summed E-state index contributed by atoms with van der Waals surface area (Å²) in [4.78, 5) is 8.97. The highest BCUT2D eigenvalue weighted by molar-refractivity contribution is 5.94. The van der Waals surface area contributed by atoms with E-state index in [1.165, 1.54) is 0 Å². The smallest absolute Gasteiger partial charge is 0.119 e. The molecule has 4 rings (SSSR count). The number of benzene rings is 2. The fourth-order valence-electron chi connectivity index (χ4n) is 2.97. The molecule has 2 heterocycles. The maximum atomic E-state index is 6.12. The van der Waals surface area contributed by atoms with Gasteiger partial charge in [-0.25, -0.2) is 0 Å². The molecular formula is C21H17N3O. The van der Waals surface area contributed by atoms with Crippen LogP contribution in [0.15, 0.2) is 73.1 Å². The van der Waals surface area contributed by atoms with Gasteiger partial charge in [0.15, 0.2) is 0 Å². The van der Waals surface area contributed by atoms with Gasteiger partial charge < -0.3 is 10.5 Å². The molecule has 2 aromatic carbocycles. The van der Waals surface area contributed by atoms with Gasteiger partial charge in [0.25, 0.3) is 0 Å². The molecule has 0 radical (unpaired) electrons. The van der Waals surface area contributed by atoms with Crippen LogP contribution in [0.2, 0.25) is 0 Å². The predicted octanol–water partition coefficient (Wildman–Crippen LogP) is 4.55. The topological polar surface area (TPSA) is 61.0 Å². The Morgan fingerprint density at radius 3 is 2.64 bits per heavy atom. The van der Waals surface area contributed by atoms with Crippen LogP contribution in [-0.2, 0) is 0 Å². The van der Waals surface area contributed by atoms with Gasteiger partial charge in [0.2, 0.25) is 0 Å². The van der Waals surface area contributed by atoms with Crippen LogP contribution in [0.5, 0.6) is 5.75 Å². The third-order valence-corrected chi connectivity index (χ3v) is 4.24. The summed E-state index contributed by atoms with van der Waals surface area (Å²) >= 11 is 0. The van der Waals surface area contributed by atoms with Crippen molar-refractivity contribution in [3.63, 3.8) is 0 Å². The van der Waals surface area contributed by atoms with E-state index >= 15 is 0 Å². The zero-order chi connectivity index (χ0) is 17.2. The molecule has 4 nitrogen and oxygen atoms in total. The van der Waals surface area contributed by atoms with Gasteiger partial charge in [-0.1, -0.05) is 24.3 Å². The summed E-state index contributed by atoms with van der Waals surface area (Å²) in [5.41, 5.74) is 11.7. The van der Waals surface area contributed by atoms with Crippen molar-refractivity contribution in [3.8, 4) is 28.1 Å². The molecule has 0 spiro atoms. The second-order valence-corrected chi connectivity index (χ2v) is 5.76. The minimum Gasteiger partial charge on any atom is -0.497 e. The van der Waals surface area contributed by atoms with E-state index in [0.29, 0.717) is 0 Å². The molecule has 122 valence electrons. The first-order chi connectivity index (χ1) is 12.3. The molecule has 0 aliphatic rings. The van der Waals surface area contributed by atoms with Gasteiger partial charge in [0.1, 0.15) is 5.75 Å². The second-order valence-electron chi connectivity index (χ2n) is 5.76. The van der Waals surface area contributed by atoms with Gasteiger partial charge in [-0.15, -0.1) is 0 Å². The summed E-state index contributed by atoms with van der Waals surface area (Å²) < 4.78 is 5.34. The standard InChI is InChI=1S/C21H17N3O/c1-25-16-5-2-4-15(12-16)21-17(6-3-10-24-21)14-7-8-20-18(13-14)19(22)9-11-23-20/h2-13H,1H3,(H2,22,23). The summed E-state index contributed by atoms with van der Waals surface area (Å²) in [6.07, 6.45) is 3.53. The van der Waals surface area contributed by atoms with Gasteiger partial charge in [0.05, 0.1) is 18.3 Å². The van der Waals surface area contributed by atoms with E-state index in [1.54, 1.807) is 19.5 Å². The van der Waals surface area contributed by atoms with E-state index in [0.717, 1.165) is 44.7 Å². The van der Waals surface area contributed by atoms with Crippen molar-refractivity contribution >= 4 is 16.6 Å². The minimum atomic E-state index is 0.721. The molecule has 0 atom stereocenters. The number of nitrogen functional groups attached to an aromatic ring is 1. The number of fused-ring (bicyclic) bond motifs is 1. The Kier molecular flexibility index (Phi) is 3.78. The van der Waals surface area contributed by atoms with Crippen LogP contribution < -0.4 is 10.5 Å². The number of rotatable bonds is 3. The Balaban J connectivity index is 1.90. The van der Waals surface area contributed by atoms with E-state index in [4.69, 9.17) is 10.5 Å². The van der Waals surface area contributed by atoms with Gasteiger partial charge in [-0.3, -0.25) is 9.97 Å². The molecule has 0 saturated heterocycles. The average molecular weight is 327 g/mol. The molecule has 0 bridgehead atoms. The van der Waals surface area contributed by atoms with E-state index in [1.807, 2.05) is 42.5 Å². The van der Waals surface area contributed by atoms with E-state index < -0.39 is 0 Å². The van der Waals surface area contributed by atoms with E-state index in [9.17, 15) is 0 Å². The molecule has 2 N–H and O–H groups in total. The van der Waals surface area contributed by atoms with Gasteiger partial charge in [-0.2, -0.15) is 0 Å². The Morgan fingerprint density at radius 1 is 0.840 bits per heavy atom. The van der Waals surface area contributed by atoms with Crippen LogP contribution in [0, 0.1) is 0 Å². The Bertz CT molecular complexity index is 1060. The Labute approximate surface area is 145 Å². The second kappa shape index (κ2) is 6.24. The van der Waals surface area contributed by atoms with Crippen LogP contribution in [0.1, 0.15) is 0 Å². The summed E-state index contributed by atoms with van der Waals surface area (Å²) in [5, 5.41) is 0.945. The molecule has 0 amide bonds. The molecule has 4 aromatic rings. The van der Waals surface area contributed by atoms with Crippen molar-refractivity contribution < 1.29 is 4.74 Å². The largest absolute Gasteiger partial charge is 0.497 e. The summed E-state index contributed by atoms with van der Waals surface area (Å²) in [6, 6.07) is 19.8. The number of hydrogen-bond donors (Lipinski definition) is 1. The van der Waals surface area contributed by atoms with Crippen molar-refractivity contribution in [1.29, 1.82) is 0 Å². The van der Waals surface area contributed by atoms with Crippen LogP contribution in [0.4, 0.5) is 5.69 Å². The quantitative estimate of drug-likeness (QED) is 0.599. The zero-order valence-corrected chi connectivity index (χ0v) is 13.8. The van der Waals surface area contributed by atoms with Gasteiger partial charge in [-0.05, 0) is 42.0 Å². The highest BCUT2D eigenvalue weighted by Crippen LogP contribution is 2.33. The number of ether oxygens (including phenoxy) is 1. The minimum absolute atomic E-state index is 0.721. The third kappa shape index (κ3) is 2.78. The monoisotopic (exact) mass is 327 g/mol. The first-order valence-electron chi connectivity index (χ1n) is 8.00. The molecule has 0 aliphatic carbocycles. The lowest BCUT2D eigenvalue weighted by atomic mass is 9.97. The Hall–Kier alpha value is -3.40. The average Bonchev–Trinajstić information content (AvgIpc) is 2.68. The first-order valence-corrected chi connectivity index (χ1v) is 8.00. The zero-order valence-electron chi connectivity index (χ0n) is 13.8. The van der Waals surface area contributed by atoms with Crippen molar-refractivity contribution in [3.05, 3.63) is 73.1 Å². The molecule has 0 aliphatic heterocycles. The molecule has 2 aromatic heterocycles. The van der Waals surface area contributed by atoms with Crippen LogP contribution in [-0.4, -0.2) is 17.1 Å². The normalized spacial score (nSPS) is 10.8. The molecular weight excluding hydrogens is 310 g/mol.